The predicted molar refractivity (Wildman–Crippen MR) is 44.2 cm³/mol. The van der Waals surface area contributed by atoms with Gasteiger partial charge in [0.05, 0.1) is 13.0 Å². The fraction of sp³-hybridized carbons (Fsp3) is 0.750. The van der Waals surface area contributed by atoms with Crippen molar-refractivity contribution in [3.8, 4) is 0 Å². The van der Waals surface area contributed by atoms with Crippen LogP contribution in [0.5, 0.6) is 0 Å². The van der Waals surface area contributed by atoms with Gasteiger partial charge in [-0.3, -0.25) is 9.59 Å². The number of ether oxygens (including phenoxy) is 1. The molecule has 0 aliphatic carbocycles. The molecule has 0 aromatic rings. The number of methoxy groups -OCH3 is 1. The van der Waals surface area contributed by atoms with E-state index in [2.05, 4.69) is 10.1 Å². The number of carbonyl (C=O) groups excluding carboxylic acids is 1. The number of hydrogen-bond acceptors (Lipinski definition) is 4. The molecule has 1 heterocycles. The molecule has 0 spiro atoms. The number of piperidine rings is 1. The van der Waals surface area contributed by atoms with Crippen molar-refractivity contribution in [1.29, 1.82) is 0 Å². The quantitative estimate of drug-likeness (QED) is 0.576. The molecule has 1 fully saturated rings. The molecule has 5 nitrogen and oxygen atoms in total. The summed E-state index contributed by atoms with van der Waals surface area (Å²) in [6.45, 7) is 0.342. The van der Waals surface area contributed by atoms with Crippen molar-refractivity contribution in [3.05, 3.63) is 0 Å². The van der Waals surface area contributed by atoms with Gasteiger partial charge in [0, 0.05) is 6.54 Å². The Morgan fingerprint density at radius 2 is 2.15 bits per heavy atom. The molecule has 2 atom stereocenters. The molecule has 0 saturated carbocycles. The van der Waals surface area contributed by atoms with Crippen LogP contribution in [0.2, 0.25) is 0 Å². The number of esters is 1. The number of nitrogens with one attached hydrogen (secondary N) is 1. The summed E-state index contributed by atoms with van der Waals surface area (Å²) in [5.41, 5.74) is 0. The van der Waals surface area contributed by atoms with Gasteiger partial charge in [0.1, 0.15) is 6.04 Å². The van der Waals surface area contributed by atoms with Crippen molar-refractivity contribution in [2.45, 2.75) is 18.9 Å². The Morgan fingerprint density at radius 1 is 1.46 bits per heavy atom. The maximum atomic E-state index is 11.0. The molecule has 2 N–H and O–H groups in total. The molecule has 1 saturated heterocycles. The first kappa shape index (κ1) is 9.98. The molecule has 1 aliphatic heterocycles. The molecule has 1 rings (SSSR count). The van der Waals surface area contributed by atoms with Crippen LogP contribution in [0.3, 0.4) is 0 Å². The molecule has 1 aliphatic rings. The Labute approximate surface area is 76.1 Å². The SMILES string of the molecule is COC(=O)[C@@H]1CC[C@H](C(=O)O)CN1. The minimum absolute atomic E-state index is 0.316. The van der Waals surface area contributed by atoms with Gasteiger partial charge in [-0.1, -0.05) is 0 Å². The Hall–Kier alpha value is -1.10. The predicted octanol–water partition coefficient (Wildman–Crippen LogP) is -0.388. The highest BCUT2D eigenvalue weighted by atomic mass is 16.5. The van der Waals surface area contributed by atoms with Crippen LogP contribution >= 0.6 is 0 Å². The third-order valence-corrected chi connectivity index (χ3v) is 2.25. The van der Waals surface area contributed by atoms with Gasteiger partial charge in [0.2, 0.25) is 0 Å². The normalized spacial score (nSPS) is 28.1. The fourth-order valence-electron chi connectivity index (χ4n) is 1.41. The Kier molecular flexibility index (Phi) is 3.25. The zero-order chi connectivity index (χ0) is 9.84. The Bertz CT molecular complexity index is 208. The monoisotopic (exact) mass is 187 g/mol. The maximum absolute atomic E-state index is 11.0. The first-order valence-corrected chi connectivity index (χ1v) is 4.19. The highest BCUT2D eigenvalue weighted by Crippen LogP contribution is 2.14. The highest BCUT2D eigenvalue weighted by Gasteiger charge is 2.29. The number of carbonyl (C=O) groups is 2. The molecule has 0 unspecified atom stereocenters. The van der Waals surface area contributed by atoms with Gasteiger partial charge in [-0.15, -0.1) is 0 Å². The Balaban J connectivity index is 2.39. The van der Waals surface area contributed by atoms with E-state index in [1.807, 2.05) is 0 Å². The number of hydrogen-bond donors (Lipinski definition) is 2. The third kappa shape index (κ3) is 2.42. The van der Waals surface area contributed by atoms with Crippen molar-refractivity contribution >= 4 is 11.9 Å². The minimum atomic E-state index is -0.809. The summed E-state index contributed by atoms with van der Waals surface area (Å²) >= 11 is 0. The molecular formula is C8H13NO4. The number of carboxylic acids is 1. The van der Waals surface area contributed by atoms with Crippen LogP contribution in [0.4, 0.5) is 0 Å². The number of carboxylic acid groups (broad SMARTS) is 1. The minimum Gasteiger partial charge on any atom is -0.481 e. The summed E-state index contributed by atoms with van der Waals surface area (Å²) in [5, 5.41) is 11.5. The summed E-state index contributed by atoms with van der Waals surface area (Å²) < 4.78 is 4.54. The van der Waals surface area contributed by atoms with Crippen LogP contribution in [0, 0.1) is 5.92 Å². The molecule has 0 bridgehead atoms. The van der Waals surface area contributed by atoms with Gasteiger partial charge in [0.25, 0.3) is 0 Å². The van der Waals surface area contributed by atoms with E-state index in [1.54, 1.807) is 0 Å². The molecule has 0 radical (unpaired) electrons. The molecule has 0 aromatic heterocycles. The second-order valence-corrected chi connectivity index (χ2v) is 3.10. The lowest BCUT2D eigenvalue weighted by Gasteiger charge is -2.25. The van der Waals surface area contributed by atoms with Gasteiger partial charge in [0.15, 0.2) is 0 Å². The van der Waals surface area contributed by atoms with E-state index in [0.717, 1.165) is 0 Å². The molecule has 13 heavy (non-hydrogen) atoms. The first-order valence-electron chi connectivity index (χ1n) is 4.19. The molecule has 74 valence electrons. The fourth-order valence-corrected chi connectivity index (χ4v) is 1.41. The lowest BCUT2D eigenvalue weighted by molar-refractivity contribution is -0.147. The van der Waals surface area contributed by atoms with E-state index in [-0.39, 0.29) is 17.9 Å². The van der Waals surface area contributed by atoms with E-state index < -0.39 is 5.97 Å². The largest absolute Gasteiger partial charge is 0.481 e. The smallest absolute Gasteiger partial charge is 0.322 e. The maximum Gasteiger partial charge on any atom is 0.322 e. The van der Waals surface area contributed by atoms with Gasteiger partial charge >= 0.3 is 11.9 Å². The zero-order valence-corrected chi connectivity index (χ0v) is 7.45. The summed E-state index contributed by atoms with van der Waals surface area (Å²) in [6, 6.07) is -0.333. The van der Waals surface area contributed by atoms with Crippen LogP contribution in [-0.2, 0) is 14.3 Å². The third-order valence-electron chi connectivity index (χ3n) is 2.25. The molecule has 5 heteroatoms. The molecular weight excluding hydrogens is 174 g/mol. The average Bonchev–Trinajstić information content (AvgIpc) is 2.17. The van der Waals surface area contributed by atoms with Crippen molar-refractivity contribution in [2.24, 2.45) is 5.92 Å². The highest BCUT2D eigenvalue weighted by molar-refractivity contribution is 5.76. The lowest BCUT2D eigenvalue weighted by atomic mass is 9.95. The molecule has 0 amide bonds. The van der Waals surface area contributed by atoms with Gasteiger partial charge < -0.3 is 15.2 Å². The van der Waals surface area contributed by atoms with E-state index in [1.165, 1.54) is 7.11 Å². The van der Waals surface area contributed by atoms with Crippen molar-refractivity contribution in [2.75, 3.05) is 13.7 Å². The summed E-state index contributed by atoms with van der Waals surface area (Å²) in [7, 11) is 1.33. The van der Waals surface area contributed by atoms with Crippen LogP contribution in [0.25, 0.3) is 0 Å². The van der Waals surface area contributed by atoms with Crippen LogP contribution in [0.15, 0.2) is 0 Å². The summed E-state index contributed by atoms with van der Waals surface area (Å²) in [6.07, 6.45) is 1.06. The second kappa shape index (κ2) is 4.23. The lowest BCUT2D eigenvalue weighted by Crippen LogP contribution is -2.46. The van der Waals surface area contributed by atoms with Gasteiger partial charge in [-0.05, 0) is 12.8 Å². The van der Waals surface area contributed by atoms with Gasteiger partial charge in [-0.2, -0.15) is 0 Å². The van der Waals surface area contributed by atoms with Crippen LogP contribution < -0.4 is 5.32 Å². The summed E-state index contributed by atoms with van der Waals surface area (Å²) in [5.74, 6) is -1.50. The van der Waals surface area contributed by atoms with E-state index in [9.17, 15) is 9.59 Å². The van der Waals surface area contributed by atoms with E-state index in [4.69, 9.17) is 5.11 Å². The standard InChI is InChI=1S/C8H13NO4/c1-13-8(12)6-3-2-5(4-9-6)7(10)11/h5-6,9H,2-4H2,1H3,(H,10,11)/t5-,6-/m0/s1. The second-order valence-electron chi connectivity index (χ2n) is 3.10. The van der Waals surface area contributed by atoms with Crippen LogP contribution in [-0.4, -0.2) is 36.7 Å². The zero-order valence-electron chi connectivity index (χ0n) is 7.45. The summed E-state index contributed by atoms with van der Waals surface area (Å²) in [4.78, 5) is 21.6. The Morgan fingerprint density at radius 3 is 2.54 bits per heavy atom. The van der Waals surface area contributed by atoms with Crippen molar-refractivity contribution in [1.82, 2.24) is 5.32 Å². The van der Waals surface area contributed by atoms with Crippen molar-refractivity contribution < 1.29 is 19.4 Å². The van der Waals surface area contributed by atoms with Crippen molar-refractivity contribution in [3.63, 3.8) is 0 Å². The number of rotatable bonds is 2. The topological polar surface area (TPSA) is 75.6 Å². The van der Waals surface area contributed by atoms with E-state index >= 15 is 0 Å². The average molecular weight is 187 g/mol. The van der Waals surface area contributed by atoms with E-state index in [0.29, 0.717) is 19.4 Å². The first-order chi connectivity index (χ1) is 6.15. The van der Waals surface area contributed by atoms with Gasteiger partial charge in [-0.25, -0.2) is 0 Å². The molecule has 0 aromatic carbocycles. The van der Waals surface area contributed by atoms with Crippen LogP contribution in [0.1, 0.15) is 12.8 Å². The number of aliphatic carboxylic acids is 1.